The molecule has 0 saturated heterocycles. The van der Waals surface area contributed by atoms with Gasteiger partial charge in [-0.3, -0.25) is 43.2 Å². The number of aromatic amines is 3. The third kappa shape index (κ3) is 27.4. The van der Waals surface area contributed by atoms with Crippen molar-refractivity contribution in [3.8, 4) is 0 Å². The zero-order chi connectivity index (χ0) is 69.4. The molecule has 29 nitrogen and oxygen atoms in total. The number of para-hydroxylation sites is 1. The number of nitrogens with two attached hydrogens (primary N) is 4. The van der Waals surface area contributed by atoms with Crippen molar-refractivity contribution in [2.24, 2.45) is 46.6 Å². The number of nitrogens with one attached hydrogen (secondary N) is 12. The van der Waals surface area contributed by atoms with Crippen molar-refractivity contribution in [3.63, 3.8) is 0 Å². The second-order valence-electron chi connectivity index (χ2n) is 26.0. The maximum Gasteiger partial charge on any atom is 0.326 e. The van der Waals surface area contributed by atoms with Gasteiger partial charge in [0.2, 0.25) is 53.2 Å². The zero-order valence-electron chi connectivity index (χ0n) is 55.9. The van der Waals surface area contributed by atoms with Crippen LogP contribution in [-0.2, 0) is 67.2 Å². The SMILES string of the molecule is CC(C)C[C@H](NC(=O)[C@H](CC(C)C)NC(=O)[C@H](CC(C)C)NC(=O)[C@H](CC(C)C)NC(=O)[C@H](Cc1c[nH]c2ccccc12)NC(=O)[C@H](Cc1cnc[nH]1)NC(=O)[C@H](CCCCN)NC(=O)[C@H](CCCCN)NC(=O)[C@@H](N)CCCCN)C(=O)N[C@@H](Cc1cnc[nH]1)C(=O)O. The quantitative estimate of drug-likeness (QED) is 0.0274. The largest absolute Gasteiger partial charge is 0.480 e. The molecule has 1 aromatic carbocycles. The number of benzene rings is 1. The third-order valence-corrected chi connectivity index (χ3v) is 15.8. The van der Waals surface area contributed by atoms with E-state index in [-0.39, 0.29) is 81.5 Å². The molecule has 21 N–H and O–H groups in total. The van der Waals surface area contributed by atoms with Gasteiger partial charge in [0.25, 0.3) is 0 Å². The van der Waals surface area contributed by atoms with E-state index in [1.165, 1.54) is 25.0 Å². The summed E-state index contributed by atoms with van der Waals surface area (Å²) in [6, 6.07) is -5.00. The fourth-order valence-electron chi connectivity index (χ4n) is 10.8. The van der Waals surface area contributed by atoms with E-state index in [4.69, 9.17) is 22.9 Å². The molecule has 0 aliphatic rings. The van der Waals surface area contributed by atoms with Crippen LogP contribution in [0.4, 0.5) is 0 Å². The number of carbonyl (C=O) groups excluding carboxylic acids is 9. The summed E-state index contributed by atoms with van der Waals surface area (Å²) < 4.78 is 0. The highest BCUT2D eigenvalue weighted by atomic mass is 16.4. The van der Waals surface area contributed by atoms with Crippen molar-refractivity contribution in [1.29, 1.82) is 0 Å². The number of imidazole rings is 2. The maximum atomic E-state index is 15.1. The van der Waals surface area contributed by atoms with Crippen LogP contribution in [0.2, 0.25) is 0 Å². The van der Waals surface area contributed by atoms with Crippen molar-refractivity contribution >= 4 is 70.0 Å². The molecule has 94 heavy (non-hydrogen) atoms. The Bertz CT molecular complexity index is 3010. The van der Waals surface area contributed by atoms with E-state index in [0.717, 1.165) is 10.9 Å². The van der Waals surface area contributed by atoms with E-state index < -0.39 is 120 Å². The minimum atomic E-state index is -1.41. The number of nitrogens with zero attached hydrogens (tertiary/aromatic N) is 2. The molecule has 9 amide bonds. The Morgan fingerprint density at radius 3 is 1.13 bits per heavy atom. The molecule has 0 aliphatic heterocycles. The fraction of sp³-hybridized carbons (Fsp3) is 0.631. The lowest BCUT2D eigenvalue weighted by Crippen LogP contribution is -2.61. The number of carbonyl (C=O) groups is 10. The van der Waals surface area contributed by atoms with Crippen LogP contribution in [0.15, 0.2) is 55.5 Å². The number of hydrogen-bond donors (Lipinski definition) is 17. The van der Waals surface area contributed by atoms with E-state index >= 15 is 9.59 Å². The molecule has 10 atom stereocenters. The van der Waals surface area contributed by atoms with Crippen molar-refractivity contribution in [3.05, 3.63) is 72.5 Å². The van der Waals surface area contributed by atoms with Crippen molar-refractivity contribution in [2.75, 3.05) is 19.6 Å². The molecule has 3 aromatic heterocycles. The van der Waals surface area contributed by atoms with Crippen LogP contribution in [0.25, 0.3) is 10.9 Å². The lowest BCUT2D eigenvalue weighted by atomic mass is 9.97. The Labute approximate surface area is 551 Å². The van der Waals surface area contributed by atoms with E-state index in [1.54, 1.807) is 6.20 Å². The smallest absolute Gasteiger partial charge is 0.326 e. The molecule has 4 aromatic rings. The summed E-state index contributed by atoms with van der Waals surface area (Å²) in [6.45, 7) is 15.8. The predicted octanol–water partition coefficient (Wildman–Crippen LogP) is 0.988. The molecule has 0 saturated carbocycles. The van der Waals surface area contributed by atoms with Gasteiger partial charge in [-0.15, -0.1) is 0 Å². The number of unbranched alkanes of at least 4 members (excludes halogenated alkanes) is 3. The highest BCUT2D eigenvalue weighted by molar-refractivity contribution is 5.99. The average molecular weight is 1320 g/mol. The highest BCUT2D eigenvalue weighted by Crippen LogP contribution is 2.21. The minimum Gasteiger partial charge on any atom is -0.480 e. The van der Waals surface area contributed by atoms with Gasteiger partial charge in [0.05, 0.1) is 18.7 Å². The number of carboxylic acid groups (broad SMARTS) is 1. The summed E-state index contributed by atoms with van der Waals surface area (Å²) in [5.74, 6) is -8.42. The first-order valence-corrected chi connectivity index (χ1v) is 33.0. The van der Waals surface area contributed by atoms with Gasteiger partial charge in [-0.25, -0.2) is 14.8 Å². The van der Waals surface area contributed by atoms with Crippen LogP contribution >= 0.6 is 0 Å². The lowest BCUT2D eigenvalue weighted by Gasteiger charge is -2.29. The summed E-state index contributed by atoms with van der Waals surface area (Å²) in [5.41, 5.74) is 25.8. The molecule has 0 bridgehead atoms. The molecule has 0 spiro atoms. The highest BCUT2D eigenvalue weighted by Gasteiger charge is 2.37. The zero-order valence-corrected chi connectivity index (χ0v) is 55.9. The number of aromatic nitrogens is 5. The maximum absolute atomic E-state index is 15.1. The number of aliphatic carboxylic acids is 1. The second kappa shape index (κ2) is 40.7. The van der Waals surface area contributed by atoms with Gasteiger partial charge >= 0.3 is 5.97 Å². The summed E-state index contributed by atoms with van der Waals surface area (Å²) in [6.07, 6.45) is 11.2. The van der Waals surface area contributed by atoms with E-state index in [1.807, 2.05) is 79.7 Å². The number of amides is 9. The van der Waals surface area contributed by atoms with Gasteiger partial charge in [0.15, 0.2) is 0 Å². The Morgan fingerprint density at radius 1 is 0.415 bits per heavy atom. The van der Waals surface area contributed by atoms with Crippen LogP contribution in [-0.4, -0.2) is 169 Å². The van der Waals surface area contributed by atoms with Crippen LogP contribution in [0, 0.1) is 23.7 Å². The van der Waals surface area contributed by atoms with Crippen molar-refractivity contribution < 1.29 is 53.1 Å². The van der Waals surface area contributed by atoms with Crippen molar-refractivity contribution in [2.45, 2.75) is 219 Å². The number of H-pyrrole nitrogens is 3. The third-order valence-electron chi connectivity index (χ3n) is 15.8. The first-order chi connectivity index (χ1) is 44.7. The number of carboxylic acids is 1. The van der Waals surface area contributed by atoms with Gasteiger partial charge in [0, 0.05) is 60.1 Å². The Balaban J connectivity index is 1.65. The van der Waals surface area contributed by atoms with Crippen LogP contribution in [0.3, 0.4) is 0 Å². The van der Waals surface area contributed by atoms with E-state index in [9.17, 15) is 43.5 Å². The molecule has 0 aliphatic carbocycles. The molecule has 3 heterocycles. The summed E-state index contributed by atoms with van der Waals surface area (Å²) in [7, 11) is 0. The van der Waals surface area contributed by atoms with E-state index in [0.29, 0.717) is 81.5 Å². The summed E-state index contributed by atoms with van der Waals surface area (Å²) in [5, 5.41) is 35.8. The van der Waals surface area contributed by atoms with Gasteiger partial charge in [-0.05, 0) is 132 Å². The van der Waals surface area contributed by atoms with E-state index in [2.05, 4.69) is 72.8 Å². The molecular formula is C65H106N18O11. The van der Waals surface area contributed by atoms with Crippen LogP contribution in [0.1, 0.15) is 156 Å². The molecule has 4 rings (SSSR count). The van der Waals surface area contributed by atoms with Gasteiger partial charge in [0.1, 0.15) is 54.4 Å². The average Bonchev–Trinajstić information content (AvgIpc) is 1.63. The Hall–Kier alpha value is -8.28. The molecule has 0 unspecified atom stereocenters. The molecule has 522 valence electrons. The molecule has 0 fully saturated rings. The predicted molar refractivity (Wildman–Crippen MR) is 356 cm³/mol. The number of fused-ring (bicyclic) bond motifs is 1. The second-order valence-corrected chi connectivity index (χ2v) is 26.0. The first-order valence-electron chi connectivity index (χ1n) is 33.0. The van der Waals surface area contributed by atoms with Crippen LogP contribution in [0.5, 0.6) is 0 Å². The number of hydrogen-bond acceptors (Lipinski definition) is 16. The fourth-order valence-corrected chi connectivity index (χ4v) is 10.8. The topological polar surface area (TPSA) is 476 Å². The first kappa shape index (κ1) is 78.2. The standard InChI is InChI=1S/C65H106N18O11/c1-37(2)25-49(59(87)77-50(26-38(3)4)60(88)79-52(28-40(7)8)62(90)83-55(65(93)94)31-43-34-71-36-74-43)78-61(89)51(27-39(5)6)80-63(91)53(29-41-32-72-46-19-10-9-17-44(41)46)81-64(92)54(30-42-33-70-35-73-42)82-58(86)48(21-13-16-24-68)76-57(85)47(20-12-15-23-67)75-56(84)45(69)18-11-14-22-66/h9-10,17,19,32-40,45,47-55,72H,11-16,18,20-31,66-69H2,1-8H3,(H,70,73)(H,71,74)(H,75,84)(H,76,85)(H,77,87)(H,78,89)(H,79,88)(H,80,91)(H,81,92)(H,82,86)(H,83,90)(H,93,94)/t45-,47-,48-,49-,50-,51-,52-,53-,54-,55-/m0/s1. The van der Waals surface area contributed by atoms with Gasteiger partial charge < -0.3 is 90.8 Å². The molecule has 29 heteroatoms. The minimum absolute atomic E-state index is 0.0680. The normalized spacial score (nSPS) is 14.8. The monoisotopic (exact) mass is 1310 g/mol. The molecular weight excluding hydrogens is 1210 g/mol. The lowest BCUT2D eigenvalue weighted by molar-refractivity contribution is -0.142. The summed E-state index contributed by atoms with van der Waals surface area (Å²) in [4.78, 5) is 159. The summed E-state index contributed by atoms with van der Waals surface area (Å²) >= 11 is 0. The Kier molecular flexibility index (Phi) is 33.9. The Morgan fingerprint density at radius 2 is 0.745 bits per heavy atom. The molecule has 0 radical (unpaired) electrons. The van der Waals surface area contributed by atoms with Crippen molar-refractivity contribution in [1.82, 2.24) is 72.8 Å². The van der Waals surface area contributed by atoms with Crippen LogP contribution < -0.4 is 70.8 Å². The number of rotatable bonds is 45. The van der Waals surface area contributed by atoms with Gasteiger partial charge in [-0.2, -0.15) is 0 Å². The van der Waals surface area contributed by atoms with Gasteiger partial charge in [-0.1, -0.05) is 80.0 Å².